The number of hydrogen-bond donors (Lipinski definition) is 13. The first-order valence-corrected chi connectivity index (χ1v) is 28.6. The summed E-state index contributed by atoms with van der Waals surface area (Å²) in [4.78, 5) is 109. The van der Waals surface area contributed by atoms with Crippen LogP contribution < -0.4 is 38.2 Å². The third-order valence-corrected chi connectivity index (χ3v) is 17.7. The molecular formula is C35H49N16O24P4+. The molecule has 6 aromatic heterocycles. The lowest BCUT2D eigenvalue weighted by atomic mass is 9.94. The number of nitrogens with one attached hydrogen (secondary N) is 3. The summed E-state index contributed by atoms with van der Waals surface area (Å²) in [7, 11) is -19.7. The van der Waals surface area contributed by atoms with Gasteiger partial charge in [0.25, 0.3) is 17.1 Å². The van der Waals surface area contributed by atoms with Gasteiger partial charge in [0.1, 0.15) is 54.6 Å². The van der Waals surface area contributed by atoms with E-state index in [4.69, 9.17) is 54.2 Å². The predicted octanol–water partition coefficient (Wildman–Crippen LogP) is -4.32. The van der Waals surface area contributed by atoms with Crippen molar-refractivity contribution in [3.63, 3.8) is 0 Å². The van der Waals surface area contributed by atoms with Gasteiger partial charge in [0.15, 0.2) is 41.4 Å². The normalized spacial score (nSPS) is 29.4. The third-order valence-electron chi connectivity index (χ3n) is 12.4. The SMILES string of the molecule is CNC(=O)CC1[C@@H](O)C([n+]2cn(C)c3c(=O)[nH]c(N)nc32)O[C@@H]1COP(=O)(O)OP(=O)(O)OP(=O)(O)OC[C@H]1O[C@@H](n2cnc3c(N)ncnc32)[C@H](OC)[C@@H]1OP(=O)(O)OC[C@H]1O[C@@H](n2cnc3c(=O)[nH]c(N)nc32)[C@H](O)[C@@H]1O. The first-order valence-electron chi connectivity index (χ1n) is 22.6. The molecule has 6 aromatic rings. The van der Waals surface area contributed by atoms with Crippen LogP contribution >= 0.6 is 31.3 Å². The van der Waals surface area contributed by atoms with Crippen molar-refractivity contribution in [3.05, 3.63) is 46.0 Å². The second-order valence-corrected chi connectivity index (χ2v) is 23.6. The molecule has 3 aliphatic heterocycles. The quantitative estimate of drug-likeness (QED) is 0.0239. The van der Waals surface area contributed by atoms with Gasteiger partial charge in [-0.25, -0.2) is 42.8 Å². The molecule has 1 amide bonds. The highest BCUT2D eigenvalue weighted by Gasteiger charge is 2.54. The number of aromatic amines is 2. The molecule has 3 aliphatic rings. The molecule has 16 N–H and O–H groups in total. The number of carbonyl (C=O) groups is 1. The number of phosphoric acid groups is 4. The number of aliphatic hydroxyl groups is 3. The highest BCUT2D eigenvalue weighted by molar-refractivity contribution is 7.66. The number of nitrogens with zero attached hydrogens (tertiary/aromatic N) is 10. The van der Waals surface area contributed by atoms with Crippen molar-refractivity contribution in [1.82, 2.24) is 58.9 Å². The molecular weight excluding hydrogens is 1150 g/mol. The van der Waals surface area contributed by atoms with E-state index in [0.717, 1.165) is 30.7 Å². The highest BCUT2D eigenvalue weighted by atomic mass is 31.3. The number of nitrogens with two attached hydrogens (primary N) is 3. The summed E-state index contributed by atoms with van der Waals surface area (Å²) in [6.45, 7) is -3.33. The maximum Gasteiger partial charge on any atom is 0.490 e. The summed E-state index contributed by atoms with van der Waals surface area (Å²) in [5.74, 6) is -2.60. The molecule has 9 rings (SSSR count). The number of carbonyl (C=O) groups excluding carboxylic acids is 1. The summed E-state index contributed by atoms with van der Waals surface area (Å²) in [6, 6.07) is 0. The van der Waals surface area contributed by atoms with Crippen LogP contribution in [-0.4, -0.2) is 177 Å². The summed E-state index contributed by atoms with van der Waals surface area (Å²) >= 11 is 0. The van der Waals surface area contributed by atoms with E-state index < -0.39 is 148 Å². The third kappa shape index (κ3) is 11.9. The Hall–Kier alpha value is -5.64. The molecule has 432 valence electrons. The molecule has 16 atom stereocenters. The number of methoxy groups -OCH3 is 1. The number of amides is 1. The number of fused-ring (bicyclic) bond motifs is 3. The van der Waals surface area contributed by atoms with Gasteiger partial charge in [-0.2, -0.15) is 13.6 Å². The number of imidazole rings is 3. The fourth-order valence-corrected chi connectivity index (χ4v) is 13.4. The molecule has 44 heteroatoms. The van der Waals surface area contributed by atoms with Gasteiger partial charge in [-0.15, -0.1) is 0 Å². The minimum absolute atomic E-state index is 0.00371. The van der Waals surface area contributed by atoms with E-state index in [1.807, 2.05) is 0 Å². The van der Waals surface area contributed by atoms with Crippen LogP contribution in [0.5, 0.6) is 0 Å². The lowest BCUT2D eigenvalue weighted by Gasteiger charge is -2.26. The Balaban J connectivity index is 0.876. The lowest BCUT2D eigenvalue weighted by Crippen LogP contribution is -2.45. The molecule has 6 unspecified atom stereocenters. The van der Waals surface area contributed by atoms with Gasteiger partial charge in [0.05, 0.1) is 45.6 Å². The van der Waals surface area contributed by atoms with Gasteiger partial charge in [0.2, 0.25) is 23.6 Å². The number of aliphatic hydroxyl groups excluding tert-OH is 3. The molecule has 0 spiro atoms. The van der Waals surface area contributed by atoms with E-state index in [0.29, 0.717) is 0 Å². The average molecular weight is 1200 g/mol. The average Bonchev–Trinajstić information content (AvgIpc) is 4.31. The molecule has 0 bridgehead atoms. The Bertz CT molecular complexity index is 3620. The number of aryl methyl sites for hydroxylation is 1. The topological polar surface area (TPSA) is 571 Å². The van der Waals surface area contributed by atoms with Gasteiger partial charge < -0.3 is 76.4 Å². The number of hydrogen-bond acceptors (Lipinski definition) is 29. The number of H-pyrrole nitrogens is 2. The van der Waals surface area contributed by atoms with Gasteiger partial charge in [-0.3, -0.25) is 56.1 Å². The van der Waals surface area contributed by atoms with Crippen molar-refractivity contribution in [1.29, 1.82) is 0 Å². The summed E-state index contributed by atoms with van der Waals surface area (Å²) in [5, 5.41) is 35.5. The maximum atomic E-state index is 13.7. The zero-order valence-corrected chi connectivity index (χ0v) is 44.2. The molecule has 40 nitrogen and oxygen atoms in total. The van der Waals surface area contributed by atoms with Crippen LogP contribution in [0.25, 0.3) is 33.5 Å². The summed E-state index contributed by atoms with van der Waals surface area (Å²) < 4.78 is 110. The molecule has 0 aliphatic carbocycles. The van der Waals surface area contributed by atoms with Gasteiger partial charge >= 0.3 is 36.9 Å². The number of aromatic nitrogens is 12. The largest absolute Gasteiger partial charge is 0.490 e. The van der Waals surface area contributed by atoms with Gasteiger partial charge in [-0.05, 0) is 0 Å². The second-order valence-electron chi connectivity index (χ2n) is 17.5. The molecule has 3 saturated heterocycles. The number of rotatable bonds is 21. The van der Waals surface area contributed by atoms with E-state index in [9.17, 15) is 67.5 Å². The van der Waals surface area contributed by atoms with E-state index in [-0.39, 0.29) is 51.2 Å². The Morgan fingerprint density at radius 2 is 1.33 bits per heavy atom. The molecule has 0 saturated carbocycles. The van der Waals surface area contributed by atoms with Crippen LogP contribution in [0.4, 0.5) is 17.7 Å². The van der Waals surface area contributed by atoms with Crippen molar-refractivity contribution in [2.45, 2.75) is 73.9 Å². The Labute approximate surface area is 438 Å². The Morgan fingerprint density at radius 3 is 2.00 bits per heavy atom. The first kappa shape index (κ1) is 58.0. The standard InChI is InChI=1S/C35H48N16O24P4/c1-39-16(52)4-12-13(70-31(20(12)53)51-11-48(2)19-28(51)45-35(38)47-30(19)57)5-68-77(60,61)74-79(64,65)75-78(62,63)69-7-15-23(24(66-3)33(72-15)49-9-42-17-25(36)40-8-41-26(17)49)73-76(58,59)67-6-14-21(54)22(55)32(71-14)50-10-43-18-27(50)44-34(37)46-29(18)56/h8-15,20-24,31-33,53-55H,4-7H2,1-3H3,(H12-,36,37,38,39,40,41,44,45,46,47,52,56,57,58,59,60,61,62,63,64,65)/p+1/t12?,13-,14-,15-,20-,21-,22-,23-,24-,31?,32-,33-/m1/s1. The minimum atomic E-state index is -6.23. The molecule has 0 aromatic carbocycles. The van der Waals surface area contributed by atoms with E-state index >= 15 is 0 Å². The molecule has 79 heavy (non-hydrogen) atoms. The Kier molecular flexibility index (Phi) is 16.2. The molecule has 3 fully saturated rings. The van der Waals surface area contributed by atoms with E-state index in [2.05, 4.69) is 53.8 Å². The fraction of sp³-hybridized carbons (Fsp3) is 0.543. The van der Waals surface area contributed by atoms with Gasteiger partial charge in [0, 0.05) is 26.5 Å². The number of anilines is 3. The van der Waals surface area contributed by atoms with Crippen LogP contribution in [0, 0.1) is 5.92 Å². The smallest absolute Gasteiger partial charge is 0.387 e. The minimum Gasteiger partial charge on any atom is -0.387 e. The van der Waals surface area contributed by atoms with E-state index in [1.165, 1.54) is 34.1 Å². The van der Waals surface area contributed by atoms with Crippen LogP contribution in [0.15, 0.2) is 34.9 Å². The summed E-state index contributed by atoms with van der Waals surface area (Å²) in [5.41, 5.74) is 15.5. The van der Waals surface area contributed by atoms with Crippen LogP contribution in [-0.2, 0) is 75.8 Å². The van der Waals surface area contributed by atoms with Crippen molar-refractivity contribution >= 4 is 88.4 Å². The Morgan fingerprint density at radius 1 is 0.734 bits per heavy atom. The predicted molar refractivity (Wildman–Crippen MR) is 255 cm³/mol. The monoisotopic (exact) mass is 1200 g/mol. The van der Waals surface area contributed by atoms with Crippen molar-refractivity contribution in [2.24, 2.45) is 13.0 Å². The van der Waals surface area contributed by atoms with E-state index in [1.54, 1.807) is 0 Å². The zero-order chi connectivity index (χ0) is 57.3. The molecule has 0 radical (unpaired) electrons. The second kappa shape index (κ2) is 22.0. The first-order chi connectivity index (χ1) is 37.1. The summed E-state index contributed by atoms with van der Waals surface area (Å²) in [6.07, 6.45) is -14.0. The fourth-order valence-electron chi connectivity index (χ4n) is 8.94. The van der Waals surface area contributed by atoms with Crippen molar-refractivity contribution in [3.8, 4) is 0 Å². The number of ether oxygens (including phenoxy) is 4. The van der Waals surface area contributed by atoms with Crippen LogP contribution in [0.3, 0.4) is 0 Å². The highest BCUT2D eigenvalue weighted by Crippen LogP contribution is 2.68. The zero-order valence-electron chi connectivity index (χ0n) is 40.6. The van der Waals surface area contributed by atoms with Crippen molar-refractivity contribution in [2.75, 3.05) is 51.2 Å². The maximum absolute atomic E-state index is 13.7. The van der Waals surface area contributed by atoms with Crippen LogP contribution in [0.2, 0.25) is 0 Å². The van der Waals surface area contributed by atoms with Crippen molar-refractivity contribution < 1.29 is 108 Å². The lowest BCUT2D eigenvalue weighted by molar-refractivity contribution is -0.745. The van der Waals surface area contributed by atoms with Crippen LogP contribution in [0.1, 0.15) is 25.1 Å². The number of nitrogen functional groups attached to an aromatic ring is 3. The molecule has 9 heterocycles. The number of phosphoric ester groups is 3. The van der Waals surface area contributed by atoms with Gasteiger partial charge in [-0.1, -0.05) is 4.98 Å².